The molecule has 2 N–H and O–H groups in total. The third kappa shape index (κ3) is 6.70. The number of anilines is 2. The average molecular weight is 595 g/mol. The summed E-state index contributed by atoms with van der Waals surface area (Å²) in [5.74, 6) is -2.63. The van der Waals surface area contributed by atoms with Gasteiger partial charge in [-0.25, -0.2) is 14.6 Å². The van der Waals surface area contributed by atoms with Crippen LogP contribution in [0.4, 0.5) is 11.4 Å². The van der Waals surface area contributed by atoms with Crippen LogP contribution < -0.4 is 9.91 Å². The van der Waals surface area contributed by atoms with E-state index in [0.717, 1.165) is 21.8 Å². The lowest BCUT2D eigenvalue weighted by atomic mass is 9.95. The van der Waals surface area contributed by atoms with Crippen molar-refractivity contribution >= 4 is 69.7 Å². The molecular formula is C26H26Cl3N5O5. The summed E-state index contributed by atoms with van der Waals surface area (Å²) in [4.78, 5) is 36.3. The Balaban J connectivity index is 0.000000216. The van der Waals surface area contributed by atoms with Gasteiger partial charge in [0.1, 0.15) is 18.3 Å². The van der Waals surface area contributed by atoms with E-state index >= 15 is 0 Å². The van der Waals surface area contributed by atoms with E-state index in [1.807, 2.05) is 44.3 Å². The van der Waals surface area contributed by atoms with E-state index in [0.29, 0.717) is 11.7 Å². The van der Waals surface area contributed by atoms with E-state index in [-0.39, 0.29) is 34.6 Å². The maximum absolute atomic E-state index is 12.1. The minimum Gasteiger partial charge on any atom is -0.479 e. The summed E-state index contributed by atoms with van der Waals surface area (Å²) in [5, 5.41) is 28.1. The molecule has 4 rings (SSSR count). The Bertz CT molecular complexity index is 1390. The third-order valence-corrected chi connectivity index (χ3v) is 6.78. The van der Waals surface area contributed by atoms with Crippen LogP contribution in [0.3, 0.4) is 0 Å². The molecule has 1 aromatic heterocycles. The van der Waals surface area contributed by atoms with Gasteiger partial charge in [-0.05, 0) is 56.2 Å². The predicted octanol–water partition coefficient (Wildman–Crippen LogP) is 5.22. The molecular weight excluding hydrogens is 569 g/mol. The predicted molar refractivity (Wildman–Crippen MR) is 151 cm³/mol. The van der Waals surface area contributed by atoms with Gasteiger partial charge in [-0.2, -0.15) is 10.2 Å². The third-order valence-electron chi connectivity index (χ3n) is 6.02. The highest BCUT2D eigenvalue weighted by atomic mass is 35.5. The molecule has 10 nitrogen and oxygen atoms in total. The molecule has 0 bridgehead atoms. The first-order valence-corrected chi connectivity index (χ1v) is 12.9. The van der Waals surface area contributed by atoms with Crippen molar-refractivity contribution in [2.45, 2.75) is 39.4 Å². The van der Waals surface area contributed by atoms with Gasteiger partial charge in [-0.1, -0.05) is 41.4 Å². The zero-order chi connectivity index (χ0) is 28.9. The number of hydrogen-bond acceptors (Lipinski definition) is 6. The zero-order valence-electron chi connectivity index (χ0n) is 21.3. The van der Waals surface area contributed by atoms with E-state index in [1.54, 1.807) is 15.8 Å². The summed E-state index contributed by atoms with van der Waals surface area (Å²) in [5.41, 5.74) is 1.54. The summed E-state index contributed by atoms with van der Waals surface area (Å²) >= 11 is 17.5. The first-order valence-electron chi connectivity index (χ1n) is 11.6. The number of carboxylic acids is 2. The van der Waals surface area contributed by atoms with Gasteiger partial charge >= 0.3 is 11.9 Å². The van der Waals surface area contributed by atoms with Crippen molar-refractivity contribution in [2.75, 3.05) is 15.8 Å². The number of amides is 1. The molecule has 2 heterocycles. The Morgan fingerprint density at radius 1 is 1.08 bits per heavy atom. The first kappa shape index (κ1) is 29.9. The Labute approximate surface area is 240 Å². The monoisotopic (exact) mass is 593 g/mol. The van der Waals surface area contributed by atoms with Crippen LogP contribution in [0, 0.1) is 13.8 Å². The summed E-state index contributed by atoms with van der Waals surface area (Å²) < 4.78 is 1.70. The van der Waals surface area contributed by atoms with E-state index in [2.05, 4.69) is 10.2 Å². The highest BCUT2D eigenvalue weighted by molar-refractivity contribution is 6.38. The quantitative estimate of drug-likeness (QED) is 0.359. The van der Waals surface area contributed by atoms with Gasteiger partial charge in [0.25, 0.3) is 0 Å². The van der Waals surface area contributed by atoms with Crippen molar-refractivity contribution in [3.63, 3.8) is 0 Å². The maximum atomic E-state index is 12.1. The van der Waals surface area contributed by atoms with Crippen molar-refractivity contribution in [1.29, 1.82) is 0 Å². The van der Waals surface area contributed by atoms with Crippen LogP contribution in [0.25, 0.3) is 0 Å². The molecule has 1 unspecified atom stereocenters. The van der Waals surface area contributed by atoms with Gasteiger partial charge in [0.2, 0.25) is 5.91 Å². The number of carbonyl (C=O) groups excluding carboxylic acids is 1. The number of rotatable bonds is 7. The maximum Gasteiger partial charge on any atom is 0.352 e. The number of benzene rings is 2. The number of halogens is 3. The Morgan fingerprint density at radius 2 is 1.74 bits per heavy atom. The van der Waals surface area contributed by atoms with Crippen LogP contribution in [-0.2, 0) is 21.1 Å². The van der Waals surface area contributed by atoms with E-state index in [1.165, 1.54) is 25.1 Å². The molecule has 1 atom stereocenters. The molecule has 0 radical (unpaired) electrons. The number of aromatic nitrogens is 2. The number of nitrogens with zero attached hydrogens (tertiary/aromatic N) is 5. The van der Waals surface area contributed by atoms with E-state index in [4.69, 9.17) is 39.9 Å². The van der Waals surface area contributed by atoms with E-state index < -0.39 is 17.5 Å². The largest absolute Gasteiger partial charge is 0.479 e. The summed E-state index contributed by atoms with van der Waals surface area (Å²) in [7, 11) is 0. The van der Waals surface area contributed by atoms with Gasteiger partial charge < -0.3 is 10.2 Å². The molecule has 0 aliphatic carbocycles. The molecule has 1 amide bonds. The Kier molecular flexibility index (Phi) is 9.60. The number of para-hydroxylation sites is 1. The average Bonchev–Trinajstić information content (AvgIpc) is 3.52. The molecule has 13 heteroatoms. The molecule has 206 valence electrons. The smallest absolute Gasteiger partial charge is 0.352 e. The molecule has 0 saturated heterocycles. The van der Waals surface area contributed by atoms with Crippen LogP contribution in [0.5, 0.6) is 0 Å². The van der Waals surface area contributed by atoms with Crippen molar-refractivity contribution in [3.8, 4) is 0 Å². The standard InChI is InChI=1S/C14H16ClN3O.C12H10Cl2N2O4/c1-11-5-3-6-12(2)14(11)18(13(19)9-15)10-17-8-4-7-16-17;1-12(11(19)20)5-8(10(17)18)15-16(12)9-3-2-6(13)4-7(9)14/h3-8H,9-10H2,1-2H3;2-4H,5H2,1H3,(H,17,18)(H,19,20). The fourth-order valence-corrected chi connectivity index (χ4v) is 4.66. The number of carbonyl (C=O) groups is 3. The fourth-order valence-electron chi connectivity index (χ4n) is 4.03. The molecule has 1 aliphatic rings. The number of aryl methyl sites for hydroxylation is 2. The molecule has 3 aromatic rings. The normalized spacial score (nSPS) is 16.3. The van der Waals surface area contributed by atoms with Gasteiger partial charge in [0.15, 0.2) is 5.54 Å². The Morgan fingerprint density at radius 3 is 2.26 bits per heavy atom. The van der Waals surface area contributed by atoms with Gasteiger partial charge in [0.05, 0.1) is 16.4 Å². The highest BCUT2D eigenvalue weighted by Crippen LogP contribution is 2.38. The molecule has 1 aliphatic heterocycles. The second-order valence-electron chi connectivity index (χ2n) is 8.90. The van der Waals surface area contributed by atoms with Gasteiger partial charge in [0, 0.05) is 23.8 Å². The van der Waals surface area contributed by atoms with Crippen molar-refractivity contribution in [1.82, 2.24) is 9.78 Å². The SMILES string of the molecule is CC1(C(=O)O)CC(C(=O)O)=NN1c1ccc(Cl)cc1Cl.Cc1cccc(C)c1N(Cn1cccn1)C(=O)CCl. The first-order chi connectivity index (χ1) is 18.4. The lowest BCUT2D eigenvalue weighted by molar-refractivity contribution is -0.142. The van der Waals surface area contributed by atoms with E-state index in [9.17, 15) is 19.5 Å². The number of aliphatic carboxylic acids is 2. The molecule has 0 spiro atoms. The minimum atomic E-state index is -1.51. The molecule has 0 fully saturated rings. The second kappa shape index (κ2) is 12.5. The highest BCUT2D eigenvalue weighted by Gasteiger charge is 2.48. The summed E-state index contributed by atoms with van der Waals surface area (Å²) in [6, 6.07) is 12.2. The van der Waals surface area contributed by atoms with Gasteiger partial charge in [-0.15, -0.1) is 11.6 Å². The molecule has 2 aromatic carbocycles. The minimum absolute atomic E-state index is 0.0466. The van der Waals surface area contributed by atoms with Crippen LogP contribution in [0.15, 0.2) is 60.0 Å². The van der Waals surface area contributed by atoms with Gasteiger partial charge in [-0.3, -0.25) is 14.4 Å². The van der Waals surface area contributed by atoms with Crippen LogP contribution in [0.1, 0.15) is 24.5 Å². The van der Waals surface area contributed by atoms with Crippen LogP contribution >= 0.6 is 34.8 Å². The second-order valence-corrected chi connectivity index (χ2v) is 10.0. The lowest BCUT2D eigenvalue weighted by Gasteiger charge is -2.30. The molecule has 0 saturated carbocycles. The number of carboxylic acid groups (broad SMARTS) is 2. The number of alkyl halides is 1. The fraction of sp³-hybridized carbons (Fsp3) is 0.269. The summed E-state index contributed by atoms with van der Waals surface area (Å²) in [6.07, 6.45) is 3.28. The lowest BCUT2D eigenvalue weighted by Crippen LogP contribution is -2.47. The van der Waals surface area contributed by atoms with Crippen molar-refractivity contribution < 1.29 is 24.6 Å². The summed E-state index contributed by atoms with van der Waals surface area (Å²) in [6.45, 7) is 5.73. The topological polar surface area (TPSA) is 128 Å². The number of hydrogen-bond donors (Lipinski definition) is 2. The number of hydrazone groups is 1. The Hall–Kier alpha value is -3.60. The van der Waals surface area contributed by atoms with Crippen LogP contribution in [0.2, 0.25) is 10.0 Å². The van der Waals surface area contributed by atoms with Crippen LogP contribution in [-0.4, -0.2) is 55.0 Å². The van der Waals surface area contributed by atoms with Crippen molar-refractivity contribution in [2.24, 2.45) is 5.10 Å². The zero-order valence-corrected chi connectivity index (χ0v) is 23.6. The van der Waals surface area contributed by atoms with Crippen molar-refractivity contribution in [3.05, 3.63) is 76.0 Å². The molecule has 39 heavy (non-hydrogen) atoms.